The van der Waals surface area contributed by atoms with E-state index in [0.29, 0.717) is 11.2 Å². The first kappa shape index (κ1) is 14.8. The minimum absolute atomic E-state index is 0.257. The van der Waals surface area contributed by atoms with Crippen LogP contribution in [0.25, 0.3) is 0 Å². The van der Waals surface area contributed by atoms with Crippen LogP contribution in [-0.4, -0.2) is 23.1 Å². The molecule has 0 aliphatic carbocycles. The molecule has 1 atom stereocenters. The molecule has 1 saturated heterocycles. The summed E-state index contributed by atoms with van der Waals surface area (Å²) in [7, 11) is 0. The number of hydrogen-bond acceptors (Lipinski definition) is 6. The van der Waals surface area contributed by atoms with Crippen LogP contribution in [0.15, 0.2) is 6.07 Å². The Morgan fingerprint density at radius 1 is 1.25 bits per heavy atom. The van der Waals surface area contributed by atoms with Gasteiger partial charge in [-0.1, -0.05) is 20.8 Å². The second kappa shape index (κ2) is 5.83. The summed E-state index contributed by atoms with van der Waals surface area (Å²) >= 11 is 0. The molecular weight excluding hydrogens is 252 g/mol. The number of hydrazine groups is 1. The minimum Gasteiger partial charge on any atom is -0.368 e. The molecule has 20 heavy (non-hydrogen) atoms. The molecule has 6 heteroatoms. The van der Waals surface area contributed by atoms with E-state index < -0.39 is 0 Å². The van der Waals surface area contributed by atoms with Crippen LogP contribution in [0.2, 0.25) is 0 Å². The van der Waals surface area contributed by atoms with Crippen molar-refractivity contribution in [1.29, 1.82) is 0 Å². The zero-order valence-electron chi connectivity index (χ0n) is 12.7. The molecule has 0 amide bonds. The van der Waals surface area contributed by atoms with Gasteiger partial charge in [0.15, 0.2) is 0 Å². The number of anilines is 3. The van der Waals surface area contributed by atoms with Crippen LogP contribution < -0.4 is 21.9 Å². The van der Waals surface area contributed by atoms with Crippen molar-refractivity contribution in [1.82, 2.24) is 9.97 Å². The van der Waals surface area contributed by atoms with E-state index in [2.05, 4.69) is 41.1 Å². The Morgan fingerprint density at radius 2 is 2.00 bits per heavy atom. The smallest absolute Gasteiger partial charge is 0.223 e. The van der Waals surface area contributed by atoms with Gasteiger partial charge in [0.2, 0.25) is 5.95 Å². The van der Waals surface area contributed by atoms with Gasteiger partial charge in [0.05, 0.1) is 0 Å². The second-order valence-electron chi connectivity index (χ2n) is 6.59. The quantitative estimate of drug-likeness (QED) is 0.566. The molecule has 1 aliphatic heterocycles. The molecule has 2 rings (SSSR count). The van der Waals surface area contributed by atoms with Gasteiger partial charge in [-0.15, -0.1) is 0 Å². The first-order chi connectivity index (χ1) is 9.40. The lowest BCUT2D eigenvalue weighted by molar-refractivity contribution is 0.220. The van der Waals surface area contributed by atoms with Gasteiger partial charge >= 0.3 is 0 Å². The SMILES string of the molecule is CC(C)(C)C1CCCN(c2cc(NN)nc(N)n2)CC1. The van der Waals surface area contributed by atoms with E-state index in [4.69, 9.17) is 11.6 Å². The van der Waals surface area contributed by atoms with Gasteiger partial charge in [-0.2, -0.15) is 9.97 Å². The molecule has 5 N–H and O–H groups in total. The van der Waals surface area contributed by atoms with Crippen molar-refractivity contribution in [3.8, 4) is 0 Å². The lowest BCUT2D eigenvalue weighted by atomic mass is 9.77. The van der Waals surface area contributed by atoms with Crippen LogP contribution in [0.1, 0.15) is 40.0 Å². The number of rotatable bonds is 2. The normalized spacial score (nSPS) is 20.6. The highest BCUT2D eigenvalue weighted by molar-refractivity contribution is 5.52. The Hall–Kier alpha value is -1.56. The standard InChI is InChI=1S/C14H26N6/c1-14(2,3)10-5-4-7-20(8-6-10)12-9-11(19-16)17-13(15)18-12/h9-10H,4-8,16H2,1-3H3,(H3,15,17,18,19). The summed E-state index contributed by atoms with van der Waals surface area (Å²) in [5.74, 6) is 7.84. The molecule has 1 fully saturated rings. The number of nitrogens with one attached hydrogen (secondary N) is 1. The highest BCUT2D eigenvalue weighted by atomic mass is 15.3. The van der Waals surface area contributed by atoms with Gasteiger partial charge in [-0.25, -0.2) is 5.84 Å². The van der Waals surface area contributed by atoms with Crippen LogP contribution in [0.3, 0.4) is 0 Å². The average molecular weight is 278 g/mol. The predicted molar refractivity (Wildman–Crippen MR) is 83.3 cm³/mol. The molecule has 0 saturated carbocycles. The second-order valence-corrected chi connectivity index (χ2v) is 6.59. The fourth-order valence-corrected chi connectivity index (χ4v) is 2.88. The first-order valence-corrected chi connectivity index (χ1v) is 7.26. The third-order valence-electron chi connectivity index (χ3n) is 4.15. The summed E-state index contributed by atoms with van der Waals surface area (Å²) in [6.45, 7) is 8.99. The van der Waals surface area contributed by atoms with Gasteiger partial charge in [0.1, 0.15) is 11.6 Å². The Bertz CT molecular complexity index is 453. The number of aromatic nitrogens is 2. The van der Waals surface area contributed by atoms with E-state index in [1.165, 1.54) is 19.3 Å². The molecule has 2 heterocycles. The number of hydrogen-bond donors (Lipinski definition) is 3. The van der Waals surface area contributed by atoms with E-state index in [9.17, 15) is 0 Å². The molecule has 0 bridgehead atoms. The van der Waals surface area contributed by atoms with E-state index >= 15 is 0 Å². The van der Waals surface area contributed by atoms with Crippen LogP contribution in [0, 0.1) is 11.3 Å². The van der Waals surface area contributed by atoms with Crippen molar-refractivity contribution >= 4 is 17.6 Å². The minimum atomic E-state index is 0.257. The molecule has 1 unspecified atom stereocenters. The van der Waals surface area contributed by atoms with Gasteiger partial charge in [-0.3, -0.25) is 0 Å². The summed E-state index contributed by atoms with van der Waals surface area (Å²) < 4.78 is 0. The Balaban J connectivity index is 2.12. The Labute approximate surface area is 120 Å². The number of nitrogen functional groups attached to an aromatic ring is 2. The maximum absolute atomic E-state index is 5.73. The molecular formula is C14H26N6. The summed E-state index contributed by atoms with van der Waals surface area (Å²) in [4.78, 5) is 10.6. The fourth-order valence-electron chi connectivity index (χ4n) is 2.88. The highest BCUT2D eigenvalue weighted by Crippen LogP contribution is 2.35. The van der Waals surface area contributed by atoms with E-state index in [1.807, 2.05) is 6.07 Å². The van der Waals surface area contributed by atoms with Crippen LogP contribution in [0.5, 0.6) is 0 Å². The van der Waals surface area contributed by atoms with Crippen molar-refractivity contribution < 1.29 is 0 Å². The van der Waals surface area contributed by atoms with Gasteiger partial charge in [-0.05, 0) is 30.6 Å². The van der Waals surface area contributed by atoms with Crippen LogP contribution in [0.4, 0.5) is 17.6 Å². The van der Waals surface area contributed by atoms with Gasteiger partial charge < -0.3 is 16.1 Å². The molecule has 1 aromatic heterocycles. The molecule has 0 radical (unpaired) electrons. The molecule has 1 aromatic rings. The van der Waals surface area contributed by atoms with Crippen molar-refractivity contribution in [3.05, 3.63) is 6.07 Å². The summed E-state index contributed by atoms with van der Waals surface area (Å²) in [6.07, 6.45) is 3.62. The van der Waals surface area contributed by atoms with Crippen molar-refractivity contribution in [2.75, 3.05) is 29.1 Å². The van der Waals surface area contributed by atoms with Gasteiger partial charge in [0, 0.05) is 19.2 Å². The lowest BCUT2D eigenvalue weighted by Crippen LogP contribution is -2.27. The first-order valence-electron chi connectivity index (χ1n) is 7.26. The molecule has 0 aromatic carbocycles. The van der Waals surface area contributed by atoms with Crippen molar-refractivity contribution in [3.63, 3.8) is 0 Å². The largest absolute Gasteiger partial charge is 0.368 e. The Morgan fingerprint density at radius 3 is 2.65 bits per heavy atom. The molecule has 112 valence electrons. The number of nitrogens with two attached hydrogens (primary N) is 2. The van der Waals surface area contributed by atoms with E-state index in [0.717, 1.165) is 24.8 Å². The maximum Gasteiger partial charge on any atom is 0.223 e. The zero-order chi connectivity index (χ0) is 14.8. The average Bonchev–Trinajstić information content (AvgIpc) is 2.63. The maximum atomic E-state index is 5.73. The third kappa shape index (κ3) is 3.50. The predicted octanol–water partition coefficient (Wildman–Crippen LogP) is 2.00. The molecule has 6 nitrogen and oxygen atoms in total. The van der Waals surface area contributed by atoms with E-state index in [-0.39, 0.29) is 5.95 Å². The monoisotopic (exact) mass is 278 g/mol. The lowest BCUT2D eigenvalue weighted by Gasteiger charge is -2.30. The molecule has 0 spiro atoms. The van der Waals surface area contributed by atoms with Crippen LogP contribution >= 0.6 is 0 Å². The van der Waals surface area contributed by atoms with Crippen molar-refractivity contribution in [2.45, 2.75) is 40.0 Å². The fraction of sp³-hybridized carbons (Fsp3) is 0.714. The summed E-state index contributed by atoms with van der Waals surface area (Å²) in [5.41, 5.74) is 8.64. The van der Waals surface area contributed by atoms with Gasteiger partial charge in [0.25, 0.3) is 0 Å². The third-order valence-corrected chi connectivity index (χ3v) is 4.15. The topological polar surface area (TPSA) is 93.1 Å². The molecule has 1 aliphatic rings. The zero-order valence-corrected chi connectivity index (χ0v) is 12.7. The number of nitrogens with zero attached hydrogens (tertiary/aromatic N) is 3. The van der Waals surface area contributed by atoms with E-state index in [1.54, 1.807) is 0 Å². The summed E-state index contributed by atoms with van der Waals surface area (Å²) in [6, 6.07) is 1.85. The summed E-state index contributed by atoms with van der Waals surface area (Å²) in [5, 5.41) is 0. The van der Waals surface area contributed by atoms with Crippen LogP contribution in [-0.2, 0) is 0 Å². The van der Waals surface area contributed by atoms with Crippen molar-refractivity contribution in [2.24, 2.45) is 17.2 Å². The Kier molecular flexibility index (Phi) is 4.32. The highest BCUT2D eigenvalue weighted by Gasteiger charge is 2.27.